The third-order valence-corrected chi connectivity index (χ3v) is 6.18. The van der Waals surface area contributed by atoms with E-state index < -0.39 is 0 Å². The summed E-state index contributed by atoms with van der Waals surface area (Å²) >= 11 is 0. The van der Waals surface area contributed by atoms with E-state index in [1.807, 2.05) is 52.0 Å². The molecular formula is C27H34O3. The zero-order valence-corrected chi connectivity index (χ0v) is 18.8. The number of benzene rings is 2. The van der Waals surface area contributed by atoms with Gasteiger partial charge >= 0.3 is 0 Å². The van der Waals surface area contributed by atoms with Crippen LogP contribution >= 0.6 is 0 Å². The fourth-order valence-corrected chi connectivity index (χ4v) is 4.48. The Labute approximate surface area is 180 Å². The zero-order chi connectivity index (χ0) is 21.7. The van der Waals surface area contributed by atoms with E-state index in [1.165, 1.54) is 32.1 Å². The monoisotopic (exact) mass is 406 g/mol. The van der Waals surface area contributed by atoms with Gasteiger partial charge in [-0.15, -0.1) is 0 Å². The van der Waals surface area contributed by atoms with Gasteiger partial charge in [-0.05, 0) is 98.2 Å². The molecule has 1 fully saturated rings. The molecule has 0 aliphatic heterocycles. The first kappa shape index (κ1) is 22.1. The van der Waals surface area contributed by atoms with Crippen molar-refractivity contribution in [3.8, 4) is 11.5 Å². The van der Waals surface area contributed by atoms with Crippen LogP contribution in [0.2, 0.25) is 0 Å². The number of hydrogen-bond donors (Lipinski definition) is 1. The summed E-state index contributed by atoms with van der Waals surface area (Å²) in [7, 11) is 0. The first-order valence-corrected chi connectivity index (χ1v) is 11.1. The summed E-state index contributed by atoms with van der Waals surface area (Å²) < 4.78 is 6.12. The number of allylic oxidation sites excluding steroid dienone is 1. The second kappa shape index (κ2) is 9.97. The second-order valence-electron chi connectivity index (χ2n) is 8.78. The lowest BCUT2D eigenvalue weighted by molar-refractivity contribution is 0.104. The molecule has 1 N–H and O–H groups in total. The zero-order valence-electron chi connectivity index (χ0n) is 18.8. The summed E-state index contributed by atoms with van der Waals surface area (Å²) in [6.45, 7) is 8.49. The van der Waals surface area contributed by atoms with Gasteiger partial charge in [0.15, 0.2) is 5.78 Å². The molecule has 0 amide bonds. The molecule has 0 heterocycles. The molecular weight excluding hydrogens is 372 g/mol. The number of carbonyl (C=O) groups excluding carboxylic acids is 1. The Kier molecular flexibility index (Phi) is 7.36. The van der Waals surface area contributed by atoms with E-state index in [0.717, 1.165) is 52.5 Å². The summed E-state index contributed by atoms with van der Waals surface area (Å²) in [6.07, 6.45) is 11.3. The molecule has 3 nitrogen and oxygen atoms in total. The Morgan fingerprint density at radius 3 is 2.17 bits per heavy atom. The topological polar surface area (TPSA) is 46.5 Å². The molecule has 1 aliphatic rings. The first-order chi connectivity index (χ1) is 14.3. The van der Waals surface area contributed by atoms with Crippen LogP contribution in [0.4, 0.5) is 0 Å². The van der Waals surface area contributed by atoms with Gasteiger partial charge in [0, 0.05) is 5.56 Å². The summed E-state index contributed by atoms with van der Waals surface area (Å²) in [5.41, 5.74) is 5.21. The Morgan fingerprint density at radius 2 is 1.57 bits per heavy atom. The van der Waals surface area contributed by atoms with Crippen LogP contribution in [0.1, 0.15) is 76.7 Å². The first-order valence-electron chi connectivity index (χ1n) is 11.1. The van der Waals surface area contributed by atoms with Crippen LogP contribution < -0.4 is 4.74 Å². The molecule has 3 rings (SSSR count). The molecule has 2 aromatic rings. The van der Waals surface area contributed by atoms with E-state index in [-0.39, 0.29) is 5.78 Å². The number of ether oxygens (including phenoxy) is 1. The number of aryl methyl sites for hydroxylation is 4. The Bertz CT molecular complexity index is 887. The normalized spacial score (nSPS) is 14.9. The van der Waals surface area contributed by atoms with Gasteiger partial charge in [0.2, 0.25) is 0 Å². The molecule has 0 aromatic heterocycles. The minimum Gasteiger partial charge on any atom is -0.507 e. The smallest absolute Gasteiger partial charge is 0.185 e. The second-order valence-corrected chi connectivity index (χ2v) is 8.78. The van der Waals surface area contributed by atoms with Crippen LogP contribution in [0.5, 0.6) is 11.5 Å². The summed E-state index contributed by atoms with van der Waals surface area (Å²) in [5, 5.41) is 9.91. The molecule has 0 spiro atoms. The lowest BCUT2D eigenvalue weighted by atomic mass is 9.87. The molecule has 0 unspecified atom stereocenters. The maximum Gasteiger partial charge on any atom is 0.185 e. The fourth-order valence-electron chi connectivity index (χ4n) is 4.48. The number of carbonyl (C=O) groups is 1. The highest BCUT2D eigenvalue weighted by Crippen LogP contribution is 2.29. The van der Waals surface area contributed by atoms with Crippen molar-refractivity contribution in [2.24, 2.45) is 5.92 Å². The van der Waals surface area contributed by atoms with Crippen LogP contribution in [0, 0.1) is 33.6 Å². The third kappa shape index (κ3) is 5.53. The van der Waals surface area contributed by atoms with Crippen molar-refractivity contribution in [3.05, 3.63) is 63.7 Å². The van der Waals surface area contributed by atoms with Crippen molar-refractivity contribution in [2.75, 3.05) is 6.61 Å². The van der Waals surface area contributed by atoms with Crippen LogP contribution in [0.3, 0.4) is 0 Å². The molecule has 30 heavy (non-hydrogen) atoms. The lowest BCUT2D eigenvalue weighted by Gasteiger charge is -2.22. The van der Waals surface area contributed by atoms with E-state index >= 15 is 0 Å². The van der Waals surface area contributed by atoms with Crippen molar-refractivity contribution in [1.29, 1.82) is 0 Å². The van der Waals surface area contributed by atoms with Crippen molar-refractivity contribution < 1.29 is 14.6 Å². The highest BCUT2D eigenvalue weighted by atomic mass is 16.5. The van der Waals surface area contributed by atoms with E-state index in [0.29, 0.717) is 11.3 Å². The summed E-state index contributed by atoms with van der Waals surface area (Å²) in [4.78, 5) is 12.7. The maximum atomic E-state index is 12.7. The molecule has 0 bridgehead atoms. The van der Waals surface area contributed by atoms with Crippen molar-refractivity contribution >= 4 is 11.9 Å². The van der Waals surface area contributed by atoms with Crippen molar-refractivity contribution in [3.63, 3.8) is 0 Å². The van der Waals surface area contributed by atoms with Gasteiger partial charge in [-0.2, -0.15) is 0 Å². The van der Waals surface area contributed by atoms with Gasteiger partial charge < -0.3 is 9.84 Å². The molecule has 0 atom stereocenters. The van der Waals surface area contributed by atoms with Gasteiger partial charge in [0.05, 0.1) is 6.61 Å². The average Bonchev–Trinajstić information content (AvgIpc) is 2.72. The summed E-state index contributed by atoms with van der Waals surface area (Å²) in [5.74, 6) is 2.00. The molecule has 160 valence electrons. The molecule has 1 saturated carbocycles. The standard InChI is InChI=1S/C27H34O3/c1-18-14-23(15-19(2)26(18)29)10-11-25(28)24-16-20(3)27(21(4)17-24)30-13-12-22-8-6-5-7-9-22/h10-11,14-17,22,29H,5-9,12-13H2,1-4H3/b11-10+. The number of phenolic OH excluding ortho intramolecular Hbond substituents is 1. The van der Waals surface area contributed by atoms with Crippen LogP contribution in [-0.2, 0) is 0 Å². The highest BCUT2D eigenvalue weighted by molar-refractivity contribution is 6.07. The molecule has 0 saturated heterocycles. The van der Waals surface area contributed by atoms with Gasteiger partial charge in [-0.1, -0.05) is 38.2 Å². The molecule has 2 aromatic carbocycles. The number of ketones is 1. The van der Waals surface area contributed by atoms with E-state index in [1.54, 1.807) is 12.2 Å². The van der Waals surface area contributed by atoms with Crippen LogP contribution in [0.15, 0.2) is 30.3 Å². The number of phenols is 1. The van der Waals surface area contributed by atoms with Gasteiger partial charge in [0.1, 0.15) is 11.5 Å². The minimum absolute atomic E-state index is 0.0293. The van der Waals surface area contributed by atoms with Crippen LogP contribution in [-0.4, -0.2) is 17.5 Å². The number of hydrogen-bond acceptors (Lipinski definition) is 3. The predicted molar refractivity (Wildman–Crippen MR) is 124 cm³/mol. The van der Waals surface area contributed by atoms with E-state index in [4.69, 9.17) is 4.74 Å². The maximum absolute atomic E-state index is 12.7. The Morgan fingerprint density at radius 1 is 0.967 bits per heavy atom. The Hall–Kier alpha value is -2.55. The lowest BCUT2D eigenvalue weighted by Crippen LogP contribution is -2.11. The SMILES string of the molecule is Cc1cc(/C=C/C(=O)c2cc(C)c(OCCC3CCCCC3)c(C)c2)cc(C)c1O. The summed E-state index contributed by atoms with van der Waals surface area (Å²) in [6, 6.07) is 7.60. The Balaban J connectivity index is 1.65. The minimum atomic E-state index is -0.0293. The molecule has 1 aliphatic carbocycles. The van der Waals surface area contributed by atoms with Crippen LogP contribution in [0.25, 0.3) is 6.08 Å². The van der Waals surface area contributed by atoms with Gasteiger partial charge in [-0.25, -0.2) is 0 Å². The molecule has 0 radical (unpaired) electrons. The predicted octanol–water partition coefficient (Wildman–Crippen LogP) is 6.87. The van der Waals surface area contributed by atoms with E-state index in [2.05, 4.69) is 0 Å². The largest absolute Gasteiger partial charge is 0.507 e. The highest BCUT2D eigenvalue weighted by Gasteiger charge is 2.15. The number of aromatic hydroxyl groups is 1. The van der Waals surface area contributed by atoms with Crippen molar-refractivity contribution in [2.45, 2.75) is 66.2 Å². The number of rotatable bonds is 7. The average molecular weight is 407 g/mol. The van der Waals surface area contributed by atoms with Crippen molar-refractivity contribution in [1.82, 2.24) is 0 Å². The quantitative estimate of drug-likeness (QED) is 0.403. The van der Waals surface area contributed by atoms with Gasteiger partial charge in [0.25, 0.3) is 0 Å². The van der Waals surface area contributed by atoms with E-state index in [9.17, 15) is 9.90 Å². The third-order valence-electron chi connectivity index (χ3n) is 6.18. The molecule has 3 heteroatoms. The van der Waals surface area contributed by atoms with Gasteiger partial charge in [-0.3, -0.25) is 4.79 Å². The fraction of sp³-hybridized carbons (Fsp3) is 0.444.